The molecule has 1 aliphatic rings. The summed E-state index contributed by atoms with van der Waals surface area (Å²) < 4.78 is 5.21. The molecule has 1 rings (SSSR count). The highest BCUT2D eigenvalue weighted by Gasteiger charge is 2.42. The van der Waals surface area contributed by atoms with Crippen LogP contribution in [0.1, 0.15) is 27.2 Å². The van der Waals surface area contributed by atoms with Crippen molar-refractivity contribution in [2.75, 3.05) is 26.2 Å². The molecule has 0 unspecified atom stereocenters. The summed E-state index contributed by atoms with van der Waals surface area (Å²) in [6.45, 7) is 6.06. The van der Waals surface area contributed by atoms with Gasteiger partial charge in [-0.25, -0.2) is 9.59 Å². The minimum Gasteiger partial charge on any atom is -0.480 e. The number of carbonyl (C=O) groups is 3. The van der Waals surface area contributed by atoms with E-state index >= 15 is 0 Å². The number of likely N-dealkylation sites (tertiary alicyclic amines) is 1. The Labute approximate surface area is 123 Å². The summed E-state index contributed by atoms with van der Waals surface area (Å²) in [5, 5.41) is 13.9. The van der Waals surface area contributed by atoms with Gasteiger partial charge in [-0.3, -0.25) is 4.79 Å². The first kappa shape index (κ1) is 17.2. The van der Waals surface area contributed by atoms with E-state index in [1.807, 2.05) is 13.8 Å². The number of hydrogen-bond donors (Lipinski definition) is 3. The number of hydrogen-bond acceptors (Lipinski definition) is 4. The molecule has 120 valence electrons. The Morgan fingerprint density at radius 2 is 1.95 bits per heavy atom. The van der Waals surface area contributed by atoms with Crippen molar-refractivity contribution >= 4 is 17.9 Å². The summed E-state index contributed by atoms with van der Waals surface area (Å²) in [7, 11) is 0. The van der Waals surface area contributed by atoms with Crippen LogP contribution in [0.15, 0.2) is 0 Å². The molecule has 8 nitrogen and oxygen atoms in total. The van der Waals surface area contributed by atoms with E-state index in [0.717, 1.165) is 0 Å². The summed E-state index contributed by atoms with van der Waals surface area (Å²) in [5.41, 5.74) is -0.606. The van der Waals surface area contributed by atoms with Crippen LogP contribution in [-0.4, -0.2) is 65.8 Å². The minimum absolute atomic E-state index is 0.0793. The average Bonchev–Trinajstić information content (AvgIpc) is 2.31. The van der Waals surface area contributed by atoms with Crippen LogP contribution in [0.2, 0.25) is 0 Å². The minimum atomic E-state index is -1.03. The Hall–Kier alpha value is -1.83. The fourth-order valence-electron chi connectivity index (χ4n) is 2.02. The van der Waals surface area contributed by atoms with Crippen molar-refractivity contribution < 1.29 is 24.2 Å². The van der Waals surface area contributed by atoms with Crippen molar-refractivity contribution in [3.05, 3.63) is 0 Å². The van der Waals surface area contributed by atoms with E-state index in [9.17, 15) is 14.4 Å². The summed E-state index contributed by atoms with van der Waals surface area (Å²) in [5.74, 6) is -1.14. The molecule has 0 aromatic carbocycles. The topological polar surface area (TPSA) is 108 Å². The van der Waals surface area contributed by atoms with Gasteiger partial charge in [-0.15, -0.1) is 0 Å². The Morgan fingerprint density at radius 3 is 2.48 bits per heavy atom. The maximum absolute atomic E-state index is 11.8. The Balaban J connectivity index is 2.18. The first-order valence-corrected chi connectivity index (χ1v) is 6.90. The Morgan fingerprint density at radius 1 is 1.33 bits per heavy atom. The van der Waals surface area contributed by atoms with E-state index in [0.29, 0.717) is 13.1 Å². The lowest BCUT2D eigenvalue weighted by Gasteiger charge is -2.46. The largest absolute Gasteiger partial charge is 0.480 e. The first-order chi connectivity index (χ1) is 9.72. The van der Waals surface area contributed by atoms with Gasteiger partial charge < -0.3 is 25.4 Å². The Bertz CT molecular complexity index is 405. The molecule has 0 atom stereocenters. The van der Waals surface area contributed by atoms with Crippen LogP contribution < -0.4 is 10.6 Å². The normalized spacial score (nSPS) is 16.3. The number of carboxylic acid groups (broad SMARTS) is 1. The van der Waals surface area contributed by atoms with Gasteiger partial charge in [0.1, 0.15) is 12.2 Å². The van der Waals surface area contributed by atoms with E-state index < -0.39 is 11.6 Å². The molecule has 1 saturated heterocycles. The number of aliphatic carboxylic acids is 1. The zero-order chi connectivity index (χ0) is 16.0. The molecule has 21 heavy (non-hydrogen) atoms. The zero-order valence-corrected chi connectivity index (χ0v) is 12.6. The van der Waals surface area contributed by atoms with Crippen LogP contribution in [0.4, 0.5) is 4.79 Å². The highest BCUT2D eigenvalue weighted by atomic mass is 16.5. The van der Waals surface area contributed by atoms with Crippen LogP contribution >= 0.6 is 0 Å². The third kappa shape index (κ3) is 5.99. The summed E-state index contributed by atoms with van der Waals surface area (Å²) in [6, 6.07) is -0.195. The quantitative estimate of drug-likeness (QED) is 0.603. The SMILES string of the molecule is CC(C)NC(=O)CCNC(=O)N1CC(C)(OCC(=O)O)C1. The highest BCUT2D eigenvalue weighted by molar-refractivity contribution is 5.78. The molecule has 0 radical (unpaired) electrons. The van der Waals surface area contributed by atoms with Gasteiger partial charge in [0.15, 0.2) is 0 Å². The third-order valence-electron chi connectivity index (χ3n) is 2.96. The number of nitrogens with one attached hydrogen (secondary N) is 2. The van der Waals surface area contributed by atoms with E-state index in [2.05, 4.69) is 10.6 Å². The maximum Gasteiger partial charge on any atom is 0.329 e. The molecule has 1 aliphatic heterocycles. The van der Waals surface area contributed by atoms with Crippen LogP contribution in [0, 0.1) is 0 Å². The standard InChI is InChI=1S/C13H23N3O5/c1-9(2)15-10(17)4-5-14-12(20)16-7-13(3,8-16)21-6-11(18)19/h9H,4-8H2,1-3H3,(H,14,20)(H,15,17)(H,18,19). The summed E-state index contributed by atoms with van der Waals surface area (Å²) in [4.78, 5) is 35.1. The molecule has 0 aromatic rings. The number of nitrogens with zero attached hydrogens (tertiary/aromatic N) is 1. The lowest BCUT2D eigenvalue weighted by atomic mass is 9.97. The molecule has 0 saturated carbocycles. The monoisotopic (exact) mass is 301 g/mol. The number of carbonyl (C=O) groups excluding carboxylic acids is 2. The van der Waals surface area contributed by atoms with Gasteiger partial charge in [0, 0.05) is 19.0 Å². The fraction of sp³-hybridized carbons (Fsp3) is 0.769. The van der Waals surface area contributed by atoms with Crippen molar-refractivity contribution in [3.8, 4) is 0 Å². The molecule has 3 N–H and O–H groups in total. The van der Waals surface area contributed by atoms with E-state index in [-0.39, 0.29) is 37.6 Å². The van der Waals surface area contributed by atoms with Gasteiger partial charge in [-0.1, -0.05) is 0 Å². The molecule has 3 amide bonds. The van der Waals surface area contributed by atoms with E-state index in [1.54, 1.807) is 6.92 Å². The second-order valence-corrected chi connectivity index (χ2v) is 5.69. The average molecular weight is 301 g/mol. The number of rotatable bonds is 7. The van der Waals surface area contributed by atoms with Crippen LogP contribution in [0.25, 0.3) is 0 Å². The molecule has 1 heterocycles. The first-order valence-electron chi connectivity index (χ1n) is 6.90. The van der Waals surface area contributed by atoms with E-state index in [1.165, 1.54) is 4.90 Å². The van der Waals surface area contributed by atoms with Crippen molar-refractivity contribution in [3.63, 3.8) is 0 Å². The zero-order valence-electron chi connectivity index (χ0n) is 12.6. The maximum atomic E-state index is 11.8. The van der Waals surface area contributed by atoms with Gasteiger partial charge >= 0.3 is 12.0 Å². The molecule has 8 heteroatoms. The molecule has 0 bridgehead atoms. The van der Waals surface area contributed by atoms with Crippen LogP contribution in [0.3, 0.4) is 0 Å². The fourth-order valence-corrected chi connectivity index (χ4v) is 2.02. The number of ether oxygens (including phenoxy) is 1. The number of carboxylic acids is 1. The van der Waals surface area contributed by atoms with Crippen molar-refractivity contribution in [2.24, 2.45) is 0 Å². The summed E-state index contributed by atoms with van der Waals surface area (Å²) >= 11 is 0. The van der Waals surface area contributed by atoms with Crippen LogP contribution in [0.5, 0.6) is 0 Å². The summed E-state index contributed by atoms with van der Waals surface area (Å²) in [6.07, 6.45) is 0.227. The molecule has 1 fully saturated rings. The number of amides is 3. The third-order valence-corrected chi connectivity index (χ3v) is 2.96. The lowest BCUT2D eigenvalue weighted by molar-refractivity contribution is -0.159. The van der Waals surface area contributed by atoms with E-state index in [4.69, 9.17) is 9.84 Å². The van der Waals surface area contributed by atoms with Gasteiger partial charge in [0.25, 0.3) is 0 Å². The van der Waals surface area contributed by atoms with Crippen molar-refractivity contribution in [2.45, 2.75) is 38.8 Å². The predicted octanol–water partition coefficient (Wildman–Crippen LogP) is -0.214. The second-order valence-electron chi connectivity index (χ2n) is 5.69. The molecule has 0 spiro atoms. The lowest BCUT2D eigenvalue weighted by Crippen LogP contribution is -2.65. The van der Waals surface area contributed by atoms with Gasteiger partial charge in [-0.2, -0.15) is 0 Å². The Kier molecular flexibility index (Phi) is 5.95. The smallest absolute Gasteiger partial charge is 0.329 e. The highest BCUT2D eigenvalue weighted by Crippen LogP contribution is 2.24. The molecular weight excluding hydrogens is 278 g/mol. The van der Waals surface area contributed by atoms with Gasteiger partial charge in [-0.05, 0) is 20.8 Å². The molecule has 0 aromatic heterocycles. The van der Waals surface area contributed by atoms with Gasteiger partial charge in [0.05, 0.1) is 13.1 Å². The molecular formula is C13H23N3O5. The van der Waals surface area contributed by atoms with Gasteiger partial charge in [0.2, 0.25) is 5.91 Å². The molecule has 0 aliphatic carbocycles. The van der Waals surface area contributed by atoms with Crippen molar-refractivity contribution in [1.82, 2.24) is 15.5 Å². The second kappa shape index (κ2) is 7.26. The number of urea groups is 1. The van der Waals surface area contributed by atoms with Crippen molar-refractivity contribution in [1.29, 1.82) is 0 Å². The van der Waals surface area contributed by atoms with Crippen LogP contribution in [-0.2, 0) is 14.3 Å². The predicted molar refractivity (Wildman–Crippen MR) is 74.9 cm³/mol.